The van der Waals surface area contributed by atoms with Crippen LogP contribution in [0.1, 0.15) is 29.7 Å². The predicted octanol–water partition coefficient (Wildman–Crippen LogP) is 3.73. The van der Waals surface area contributed by atoms with E-state index in [1.54, 1.807) is 4.68 Å². The van der Waals surface area contributed by atoms with Gasteiger partial charge in [-0.05, 0) is 44.4 Å². The average Bonchev–Trinajstić information content (AvgIpc) is 3.21. The van der Waals surface area contributed by atoms with Crippen molar-refractivity contribution in [2.45, 2.75) is 39.3 Å². The molecule has 1 saturated carbocycles. The Labute approximate surface area is 130 Å². The monoisotopic (exact) mass is 305 g/mol. The van der Waals surface area contributed by atoms with E-state index in [-0.39, 0.29) is 0 Å². The van der Waals surface area contributed by atoms with Crippen LogP contribution in [0.3, 0.4) is 0 Å². The number of hydrogen-bond donors (Lipinski definition) is 1. The van der Waals surface area contributed by atoms with Crippen LogP contribution in [-0.4, -0.2) is 15.8 Å². The summed E-state index contributed by atoms with van der Waals surface area (Å²) in [6, 6.07) is 6.43. The van der Waals surface area contributed by atoms with Crippen molar-refractivity contribution in [3.8, 4) is 11.6 Å². The van der Waals surface area contributed by atoms with E-state index in [4.69, 9.17) is 16.3 Å². The van der Waals surface area contributed by atoms with E-state index in [0.717, 1.165) is 29.2 Å². The summed E-state index contributed by atoms with van der Waals surface area (Å²) in [4.78, 5) is 0. The third kappa shape index (κ3) is 3.22. The molecule has 1 aromatic heterocycles. The second-order valence-corrected chi connectivity index (χ2v) is 6.09. The van der Waals surface area contributed by atoms with Gasteiger partial charge in [-0.1, -0.05) is 17.7 Å². The molecule has 0 radical (unpaired) electrons. The topological polar surface area (TPSA) is 39.1 Å². The summed E-state index contributed by atoms with van der Waals surface area (Å²) >= 11 is 6.22. The number of nitrogens with zero attached hydrogens (tertiary/aromatic N) is 2. The number of aromatic nitrogens is 2. The molecule has 21 heavy (non-hydrogen) atoms. The molecule has 0 atom stereocenters. The van der Waals surface area contributed by atoms with E-state index in [1.807, 2.05) is 39.1 Å². The molecule has 1 fully saturated rings. The molecule has 2 aromatic rings. The Morgan fingerprint density at radius 1 is 1.38 bits per heavy atom. The van der Waals surface area contributed by atoms with Crippen LogP contribution >= 0.6 is 11.6 Å². The molecule has 1 N–H and O–H groups in total. The predicted molar refractivity (Wildman–Crippen MR) is 84.1 cm³/mol. The van der Waals surface area contributed by atoms with Gasteiger partial charge < -0.3 is 10.1 Å². The van der Waals surface area contributed by atoms with Crippen LogP contribution in [0, 0.1) is 13.8 Å². The third-order valence-electron chi connectivity index (χ3n) is 3.73. The molecule has 0 saturated heterocycles. The van der Waals surface area contributed by atoms with E-state index in [2.05, 4.69) is 10.4 Å². The molecule has 0 bridgehead atoms. The zero-order chi connectivity index (χ0) is 15.0. The molecule has 4 nitrogen and oxygen atoms in total. The van der Waals surface area contributed by atoms with Gasteiger partial charge in [-0.25, -0.2) is 4.68 Å². The number of hydrogen-bond acceptors (Lipinski definition) is 3. The van der Waals surface area contributed by atoms with E-state index < -0.39 is 0 Å². The van der Waals surface area contributed by atoms with Crippen molar-refractivity contribution in [3.63, 3.8) is 0 Å². The molecule has 0 spiro atoms. The molecule has 3 rings (SSSR count). The fourth-order valence-corrected chi connectivity index (χ4v) is 2.49. The summed E-state index contributed by atoms with van der Waals surface area (Å²) in [5, 5.41) is 8.59. The van der Waals surface area contributed by atoms with Crippen LogP contribution in [0.5, 0.6) is 11.6 Å². The smallest absolute Gasteiger partial charge is 0.222 e. The van der Waals surface area contributed by atoms with E-state index in [0.29, 0.717) is 16.8 Å². The van der Waals surface area contributed by atoms with Gasteiger partial charge in [0.1, 0.15) is 5.75 Å². The molecule has 1 aliphatic rings. The Hall–Kier alpha value is -1.52. The lowest BCUT2D eigenvalue weighted by atomic mass is 10.2. The number of ether oxygens (including phenoxy) is 1. The highest BCUT2D eigenvalue weighted by atomic mass is 35.5. The van der Waals surface area contributed by atoms with Gasteiger partial charge in [0.25, 0.3) is 0 Å². The van der Waals surface area contributed by atoms with E-state index in [9.17, 15) is 0 Å². The first-order chi connectivity index (χ1) is 10.0. The third-order valence-corrected chi connectivity index (χ3v) is 4.04. The summed E-state index contributed by atoms with van der Waals surface area (Å²) in [6.45, 7) is 4.81. The second kappa shape index (κ2) is 5.70. The maximum absolute atomic E-state index is 6.22. The summed E-state index contributed by atoms with van der Waals surface area (Å²) in [7, 11) is 1.90. The molecule has 1 heterocycles. The molecule has 112 valence electrons. The maximum atomic E-state index is 6.22. The van der Waals surface area contributed by atoms with Crippen molar-refractivity contribution < 1.29 is 4.74 Å². The minimum Gasteiger partial charge on any atom is -0.437 e. The van der Waals surface area contributed by atoms with Crippen molar-refractivity contribution in [2.75, 3.05) is 0 Å². The summed E-state index contributed by atoms with van der Waals surface area (Å²) in [6.07, 6.45) is 2.53. The highest BCUT2D eigenvalue weighted by molar-refractivity contribution is 6.32. The Kier molecular flexibility index (Phi) is 3.91. The maximum Gasteiger partial charge on any atom is 0.222 e. The highest BCUT2D eigenvalue weighted by Gasteiger charge is 2.23. The quantitative estimate of drug-likeness (QED) is 0.914. The van der Waals surface area contributed by atoms with Gasteiger partial charge in [0, 0.05) is 19.6 Å². The van der Waals surface area contributed by atoms with Gasteiger partial charge in [0.15, 0.2) is 0 Å². The van der Waals surface area contributed by atoms with Crippen LogP contribution < -0.4 is 10.1 Å². The van der Waals surface area contributed by atoms with Gasteiger partial charge >= 0.3 is 0 Å². The number of halogens is 1. The Bertz CT molecular complexity index is 662. The molecule has 5 heteroatoms. The largest absolute Gasteiger partial charge is 0.437 e. The van der Waals surface area contributed by atoms with E-state index in [1.165, 1.54) is 12.8 Å². The number of benzene rings is 1. The Morgan fingerprint density at radius 2 is 2.14 bits per heavy atom. The van der Waals surface area contributed by atoms with E-state index >= 15 is 0 Å². The number of aryl methyl sites for hydroxylation is 3. The van der Waals surface area contributed by atoms with Crippen molar-refractivity contribution in [1.82, 2.24) is 15.1 Å². The number of rotatable bonds is 5. The van der Waals surface area contributed by atoms with Crippen molar-refractivity contribution in [2.24, 2.45) is 7.05 Å². The van der Waals surface area contributed by atoms with Gasteiger partial charge in [-0.15, -0.1) is 0 Å². The van der Waals surface area contributed by atoms with Crippen molar-refractivity contribution >= 4 is 11.6 Å². The van der Waals surface area contributed by atoms with Crippen molar-refractivity contribution in [1.29, 1.82) is 0 Å². The molecule has 0 aliphatic heterocycles. The first-order valence-electron chi connectivity index (χ1n) is 7.24. The molecular formula is C16H20ClN3O. The molecule has 1 aliphatic carbocycles. The molecular weight excluding hydrogens is 286 g/mol. The SMILES string of the molecule is Cc1ccc(Cl)c(Oc2c(CNC3CC3)c(C)nn2C)c1. The minimum absolute atomic E-state index is 0.612. The molecule has 1 aromatic carbocycles. The van der Waals surface area contributed by atoms with Crippen LogP contribution in [0.15, 0.2) is 18.2 Å². The van der Waals surface area contributed by atoms with Crippen LogP contribution in [0.4, 0.5) is 0 Å². The van der Waals surface area contributed by atoms with Crippen LogP contribution in [0.2, 0.25) is 5.02 Å². The highest BCUT2D eigenvalue weighted by Crippen LogP contribution is 2.33. The van der Waals surface area contributed by atoms with Gasteiger partial charge in [-0.3, -0.25) is 0 Å². The van der Waals surface area contributed by atoms with Crippen molar-refractivity contribution in [3.05, 3.63) is 40.0 Å². The van der Waals surface area contributed by atoms with Crippen LogP contribution in [0.25, 0.3) is 0 Å². The first kappa shape index (κ1) is 14.4. The normalized spacial score (nSPS) is 14.5. The van der Waals surface area contributed by atoms with Gasteiger partial charge in [0.05, 0.1) is 16.3 Å². The molecule has 0 unspecified atom stereocenters. The van der Waals surface area contributed by atoms with Gasteiger partial charge in [0.2, 0.25) is 5.88 Å². The van der Waals surface area contributed by atoms with Gasteiger partial charge in [-0.2, -0.15) is 5.10 Å². The number of nitrogens with one attached hydrogen (secondary N) is 1. The Balaban J connectivity index is 1.87. The fraction of sp³-hybridized carbons (Fsp3) is 0.438. The standard InChI is InChI=1S/C16H20ClN3O/c1-10-4-7-14(17)15(8-10)21-16-13(9-18-12-5-6-12)11(2)19-20(16)3/h4,7-8,12,18H,5-6,9H2,1-3H3. The lowest BCUT2D eigenvalue weighted by Crippen LogP contribution is -2.16. The fourth-order valence-electron chi connectivity index (χ4n) is 2.34. The zero-order valence-corrected chi connectivity index (χ0v) is 13.4. The first-order valence-corrected chi connectivity index (χ1v) is 7.62. The summed E-state index contributed by atoms with van der Waals surface area (Å²) in [5.74, 6) is 1.43. The minimum atomic E-state index is 0.612. The molecule has 0 amide bonds. The average molecular weight is 306 g/mol. The lowest BCUT2D eigenvalue weighted by molar-refractivity contribution is 0.423. The second-order valence-electron chi connectivity index (χ2n) is 5.68. The Morgan fingerprint density at radius 3 is 2.86 bits per heavy atom. The summed E-state index contributed by atoms with van der Waals surface area (Å²) < 4.78 is 7.83. The zero-order valence-electron chi connectivity index (χ0n) is 12.6. The summed E-state index contributed by atoms with van der Waals surface area (Å²) in [5.41, 5.74) is 3.21. The van der Waals surface area contributed by atoms with Crippen LogP contribution in [-0.2, 0) is 13.6 Å². The lowest BCUT2D eigenvalue weighted by Gasteiger charge is -2.11.